The summed E-state index contributed by atoms with van der Waals surface area (Å²) in [6.45, 7) is 0. The third kappa shape index (κ3) is 2.89. The quantitative estimate of drug-likeness (QED) is 0.477. The fraction of sp³-hybridized carbons (Fsp3) is 0.875. The van der Waals surface area contributed by atoms with Crippen molar-refractivity contribution in [1.82, 2.24) is 0 Å². The van der Waals surface area contributed by atoms with Gasteiger partial charge in [-0.1, -0.05) is 0 Å². The minimum atomic E-state index is 0.350. The van der Waals surface area contributed by atoms with Gasteiger partial charge in [0.1, 0.15) is 0 Å². The molecule has 0 spiro atoms. The summed E-state index contributed by atoms with van der Waals surface area (Å²) in [6.07, 6.45) is 6.04. The highest BCUT2D eigenvalue weighted by atomic mass is 16.5. The molecule has 11 heavy (non-hydrogen) atoms. The first-order chi connectivity index (χ1) is 5.33. The van der Waals surface area contributed by atoms with Crippen LogP contribution >= 0.6 is 0 Å². The Morgan fingerprint density at radius 1 is 1.55 bits per heavy atom. The predicted octanol–water partition coefficient (Wildman–Crippen LogP) is 0.931. The molecule has 0 aliphatic heterocycles. The van der Waals surface area contributed by atoms with E-state index in [-0.39, 0.29) is 0 Å². The lowest BCUT2D eigenvalue weighted by atomic mass is 9.92. The van der Waals surface area contributed by atoms with Gasteiger partial charge in [0.15, 0.2) is 6.40 Å². The molecule has 2 N–H and O–H groups in total. The Morgan fingerprint density at radius 3 is 3.00 bits per heavy atom. The number of nitrogens with two attached hydrogens (primary N) is 1. The number of nitrogens with zero attached hydrogens (tertiary/aromatic N) is 1. The first-order valence-electron chi connectivity index (χ1n) is 4.13. The summed E-state index contributed by atoms with van der Waals surface area (Å²) in [5.74, 6) is 0. The van der Waals surface area contributed by atoms with Crippen LogP contribution in [0.2, 0.25) is 0 Å². The first kappa shape index (κ1) is 8.53. The number of ether oxygens (including phenoxy) is 1. The van der Waals surface area contributed by atoms with Crippen molar-refractivity contribution in [3.63, 3.8) is 0 Å². The maximum atomic E-state index is 5.78. The molecular weight excluding hydrogens is 140 g/mol. The standard InChI is InChI=1S/C8H16N2O/c1-11-6-10-8-4-2-3-7(9)5-8/h6-8H,2-5,9H2,1H3. The second-order valence-electron chi connectivity index (χ2n) is 3.07. The van der Waals surface area contributed by atoms with E-state index in [2.05, 4.69) is 4.99 Å². The van der Waals surface area contributed by atoms with Gasteiger partial charge in [-0.05, 0) is 25.7 Å². The molecule has 3 nitrogen and oxygen atoms in total. The van der Waals surface area contributed by atoms with Gasteiger partial charge in [-0.15, -0.1) is 0 Å². The van der Waals surface area contributed by atoms with E-state index in [0.29, 0.717) is 12.1 Å². The van der Waals surface area contributed by atoms with Crippen LogP contribution in [0.1, 0.15) is 25.7 Å². The van der Waals surface area contributed by atoms with Crippen LogP contribution in [-0.4, -0.2) is 25.6 Å². The minimum Gasteiger partial charge on any atom is -0.487 e. The van der Waals surface area contributed by atoms with Crippen molar-refractivity contribution in [2.75, 3.05) is 7.11 Å². The van der Waals surface area contributed by atoms with Crippen molar-refractivity contribution >= 4 is 6.40 Å². The van der Waals surface area contributed by atoms with Crippen LogP contribution in [-0.2, 0) is 4.74 Å². The number of hydrogen-bond acceptors (Lipinski definition) is 3. The highest BCUT2D eigenvalue weighted by Gasteiger charge is 2.17. The van der Waals surface area contributed by atoms with E-state index < -0.39 is 0 Å². The summed E-state index contributed by atoms with van der Waals surface area (Å²) in [5, 5.41) is 0. The molecule has 2 unspecified atom stereocenters. The molecular formula is C8H16N2O. The molecule has 0 radical (unpaired) electrons. The van der Waals surface area contributed by atoms with Crippen molar-refractivity contribution < 1.29 is 4.74 Å². The maximum absolute atomic E-state index is 5.78. The van der Waals surface area contributed by atoms with Crippen LogP contribution < -0.4 is 5.73 Å². The Balaban J connectivity index is 2.28. The molecule has 1 fully saturated rings. The Bertz CT molecular complexity index is 136. The van der Waals surface area contributed by atoms with Gasteiger partial charge in [0.2, 0.25) is 0 Å². The van der Waals surface area contributed by atoms with Crippen LogP contribution in [0.5, 0.6) is 0 Å². The summed E-state index contributed by atoms with van der Waals surface area (Å²) in [7, 11) is 1.62. The molecule has 0 amide bonds. The van der Waals surface area contributed by atoms with Crippen molar-refractivity contribution in [3.05, 3.63) is 0 Å². The lowest BCUT2D eigenvalue weighted by molar-refractivity contribution is 0.376. The zero-order valence-electron chi connectivity index (χ0n) is 6.99. The lowest BCUT2D eigenvalue weighted by Crippen LogP contribution is -2.29. The molecule has 1 rings (SSSR count). The lowest BCUT2D eigenvalue weighted by Gasteiger charge is -2.22. The minimum absolute atomic E-state index is 0.350. The van der Waals surface area contributed by atoms with Crippen molar-refractivity contribution in [2.45, 2.75) is 37.8 Å². The topological polar surface area (TPSA) is 47.6 Å². The van der Waals surface area contributed by atoms with Gasteiger partial charge in [0.05, 0.1) is 13.2 Å². The zero-order valence-corrected chi connectivity index (χ0v) is 6.99. The first-order valence-corrected chi connectivity index (χ1v) is 4.13. The highest BCUT2D eigenvalue weighted by molar-refractivity contribution is 5.46. The van der Waals surface area contributed by atoms with Crippen molar-refractivity contribution in [3.8, 4) is 0 Å². The van der Waals surface area contributed by atoms with Crippen LogP contribution in [0.3, 0.4) is 0 Å². The normalized spacial score (nSPS) is 32.5. The third-order valence-electron chi connectivity index (χ3n) is 2.06. The molecule has 64 valence electrons. The van der Waals surface area contributed by atoms with Gasteiger partial charge in [-0.2, -0.15) is 0 Å². The predicted molar refractivity (Wildman–Crippen MR) is 45.7 cm³/mol. The molecule has 2 atom stereocenters. The van der Waals surface area contributed by atoms with Crippen molar-refractivity contribution in [2.24, 2.45) is 10.7 Å². The zero-order chi connectivity index (χ0) is 8.10. The second kappa shape index (κ2) is 4.34. The van der Waals surface area contributed by atoms with Crippen LogP contribution in [0.4, 0.5) is 0 Å². The van der Waals surface area contributed by atoms with E-state index in [1.165, 1.54) is 12.8 Å². The fourth-order valence-electron chi connectivity index (χ4n) is 1.48. The Morgan fingerprint density at radius 2 is 2.36 bits per heavy atom. The van der Waals surface area contributed by atoms with Gasteiger partial charge in [-0.3, -0.25) is 4.99 Å². The van der Waals surface area contributed by atoms with E-state index in [1.54, 1.807) is 7.11 Å². The molecule has 0 saturated heterocycles. The van der Waals surface area contributed by atoms with Gasteiger partial charge >= 0.3 is 0 Å². The Kier molecular flexibility index (Phi) is 3.36. The molecule has 1 saturated carbocycles. The van der Waals surface area contributed by atoms with Gasteiger partial charge in [0.25, 0.3) is 0 Å². The van der Waals surface area contributed by atoms with E-state index in [4.69, 9.17) is 10.5 Å². The molecule has 0 heterocycles. The van der Waals surface area contributed by atoms with Crippen LogP contribution in [0.15, 0.2) is 4.99 Å². The largest absolute Gasteiger partial charge is 0.487 e. The maximum Gasteiger partial charge on any atom is 0.169 e. The SMILES string of the molecule is COC=NC1CCCC(N)C1. The van der Waals surface area contributed by atoms with Crippen molar-refractivity contribution in [1.29, 1.82) is 0 Å². The highest BCUT2D eigenvalue weighted by Crippen LogP contribution is 2.19. The summed E-state index contributed by atoms with van der Waals surface area (Å²) < 4.78 is 4.75. The van der Waals surface area contributed by atoms with Crippen LogP contribution in [0.25, 0.3) is 0 Å². The third-order valence-corrected chi connectivity index (χ3v) is 2.06. The molecule has 1 aliphatic rings. The number of rotatable bonds is 2. The Labute approximate surface area is 67.6 Å². The number of hydrogen-bond donors (Lipinski definition) is 1. The number of aliphatic imine (C=N–C) groups is 1. The molecule has 1 aliphatic carbocycles. The molecule has 0 aromatic carbocycles. The monoisotopic (exact) mass is 156 g/mol. The van der Waals surface area contributed by atoms with Gasteiger partial charge in [-0.25, -0.2) is 0 Å². The van der Waals surface area contributed by atoms with E-state index in [9.17, 15) is 0 Å². The Hall–Kier alpha value is -0.570. The summed E-state index contributed by atoms with van der Waals surface area (Å²) in [5.41, 5.74) is 5.78. The average Bonchev–Trinajstić information content (AvgIpc) is 2.01. The second-order valence-corrected chi connectivity index (χ2v) is 3.07. The van der Waals surface area contributed by atoms with E-state index in [1.807, 2.05) is 0 Å². The summed E-state index contributed by atoms with van der Waals surface area (Å²) >= 11 is 0. The van der Waals surface area contributed by atoms with Gasteiger partial charge < -0.3 is 10.5 Å². The summed E-state index contributed by atoms with van der Waals surface area (Å²) in [4.78, 5) is 4.22. The van der Waals surface area contributed by atoms with Gasteiger partial charge in [0, 0.05) is 6.04 Å². The van der Waals surface area contributed by atoms with Crippen LogP contribution in [0, 0.1) is 0 Å². The average molecular weight is 156 g/mol. The fourth-order valence-corrected chi connectivity index (χ4v) is 1.48. The molecule has 0 bridgehead atoms. The summed E-state index contributed by atoms with van der Waals surface area (Å²) in [6, 6.07) is 0.751. The smallest absolute Gasteiger partial charge is 0.169 e. The molecule has 0 aromatic heterocycles. The van der Waals surface area contributed by atoms with E-state index in [0.717, 1.165) is 19.3 Å². The molecule has 0 aromatic rings. The van der Waals surface area contributed by atoms with E-state index >= 15 is 0 Å². The number of methoxy groups -OCH3 is 1. The molecule has 3 heteroatoms.